The molecule has 5 rings (SSSR count). The summed E-state index contributed by atoms with van der Waals surface area (Å²) in [6.07, 6.45) is 3.02. The molecular weight excluding hydrogens is 308 g/mol. The van der Waals surface area contributed by atoms with Crippen LogP contribution in [0.15, 0.2) is 18.2 Å². The maximum atomic E-state index is 12.5. The van der Waals surface area contributed by atoms with Gasteiger partial charge < -0.3 is 19.7 Å². The molecule has 4 aliphatic rings. The molecule has 0 aromatic heterocycles. The highest BCUT2D eigenvalue weighted by atomic mass is 16.5. The van der Waals surface area contributed by atoms with Gasteiger partial charge in [0, 0.05) is 25.8 Å². The number of nitrogens with one attached hydrogen (secondary N) is 1. The molecular formula is C18H22N2O4. The molecule has 1 aliphatic carbocycles. The van der Waals surface area contributed by atoms with Crippen LogP contribution < -0.4 is 15.0 Å². The van der Waals surface area contributed by atoms with E-state index in [0.29, 0.717) is 23.5 Å². The van der Waals surface area contributed by atoms with Crippen molar-refractivity contribution in [2.45, 2.75) is 31.8 Å². The number of ether oxygens (including phenoxy) is 2. The van der Waals surface area contributed by atoms with Crippen molar-refractivity contribution >= 4 is 17.5 Å². The first-order valence-electron chi connectivity index (χ1n) is 8.35. The largest absolute Gasteiger partial charge is 0.482 e. The third-order valence-electron chi connectivity index (χ3n) is 5.51. The van der Waals surface area contributed by atoms with Gasteiger partial charge in [0.1, 0.15) is 5.75 Å². The molecule has 1 saturated carbocycles. The Morgan fingerprint density at radius 3 is 2.92 bits per heavy atom. The standard InChI is InChI=1S/C18H22N2O4/c1-17-9-18(10-17,5-6-24-17)11-19-16(22)12-3-4-14-13(7-12)20(2)15(21)8-23-14/h3-4,7H,5-6,8-11H2,1-2H3,(H,19,22). The van der Waals surface area contributed by atoms with Crippen LogP contribution >= 0.6 is 0 Å². The molecule has 3 fully saturated rings. The van der Waals surface area contributed by atoms with Crippen LogP contribution in [0.3, 0.4) is 0 Å². The Kier molecular flexibility index (Phi) is 3.35. The topological polar surface area (TPSA) is 67.9 Å². The molecule has 2 saturated heterocycles. The third kappa shape index (κ3) is 2.45. The summed E-state index contributed by atoms with van der Waals surface area (Å²) in [6, 6.07) is 5.21. The van der Waals surface area contributed by atoms with E-state index in [1.807, 2.05) is 0 Å². The summed E-state index contributed by atoms with van der Waals surface area (Å²) < 4.78 is 11.2. The molecule has 1 aromatic carbocycles. The van der Waals surface area contributed by atoms with Crippen molar-refractivity contribution in [3.8, 4) is 5.75 Å². The molecule has 3 heterocycles. The fourth-order valence-corrected chi connectivity index (χ4v) is 4.32. The number of amides is 2. The maximum Gasteiger partial charge on any atom is 0.264 e. The van der Waals surface area contributed by atoms with Crippen LogP contribution in [0.2, 0.25) is 0 Å². The second kappa shape index (κ2) is 5.21. The molecule has 2 bridgehead atoms. The summed E-state index contributed by atoms with van der Waals surface area (Å²) >= 11 is 0. The van der Waals surface area contributed by atoms with Crippen LogP contribution in [0.1, 0.15) is 36.5 Å². The summed E-state index contributed by atoms with van der Waals surface area (Å²) in [7, 11) is 1.70. The number of carbonyl (C=O) groups excluding carboxylic acids is 2. The molecule has 0 unspecified atom stereocenters. The second-order valence-electron chi connectivity index (χ2n) is 7.51. The van der Waals surface area contributed by atoms with Crippen LogP contribution in [-0.4, -0.2) is 44.2 Å². The SMILES string of the molecule is CN1C(=O)COc2ccc(C(=O)NCC34CCOC(C)(C3)C4)cc21. The van der Waals surface area contributed by atoms with Gasteiger partial charge in [-0.2, -0.15) is 0 Å². The van der Waals surface area contributed by atoms with Crippen molar-refractivity contribution in [3.05, 3.63) is 23.8 Å². The molecule has 6 nitrogen and oxygen atoms in total. The van der Waals surface area contributed by atoms with Crippen molar-refractivity contribution in [1.29, 1.82) is 0 Å². The van der Waals surface area contributed by atoms with Gasteiger partial charge in [-0.3, -0.25) is 9.59 Å². The summed E-state index contributed by atoms with van der Waals surface area (Å²) in [6.45, 7) is 3.63. The zero-order chi connectivity index (χ0) is 16.9. The molecule has 0 spiro atoms. The summed E-state index contributed by atoms with van der Waals surface area (Å²) in [5.74, 6) is 0.403. The lowest BCUT2D eigenvalue weighted by atomic mass is 9.56. The number of benzene rings is 1. The van der Waals surface area contributed by atoms with E-state index in [4.69, 9.17) is 9.47 Å². The lowest BCUT2D eigenvalue weighted by molar-refractivity contribution is -0.212. The average Bonchev–Trinajstić information content (AvgIpc) is 2.55. The highest BCUT2D eigenvalue weighted by Gasteiger charge is 2.55. The fourth-order valence-electron chi connectivity index (χ4n) is 4.32. The van der Waals surface area contributed by atoms with Crippen molar-refractivity contribution in [1.82, 2.24) is 5.32 Å². The van der Waals surface area contributed by atoms with Gasteiger partial charge in [0.2, 0.25) is 0 Å². The summed E-state index contributed by atoms with van der Waals surface area (Å²) in [5.41, 5.74) is 1.38. The lowest BCUT2D eigenvalue weighted by Gasteiger charge is -2.58. The number of anilines is 1. The number of hydrogen-bond acceptors (Lipinski definition) is 4. The van der Waals surface area contributed by atoms with Crippen LogP contribution in [-0.2, 0) is 9.53 Å². The van der Waals surface area contributed by atoms with Gasteiger partial charge in [-0.1, -0.05) is 0 Å². The first kappa shape index (κ1) is 15.4. The van der Waals surface area contributed by atoms with E-state index in [2.05, 4.69) is 12.2 Å². The number of carbonyl (C=O) groups is 2. The molecule has 1 aromatic rings. The van der Waals surface area contributed by atoms with E-state index in [1.54, 1.807) is 25.2 Å². The smallest absolute Gasteiger partial charge is 0.264 e. The van der Waals surface area contributed by atoms with Gasteiger partial charge in [0.25, 0.3) is 11.8 Å². The Morgan fingerprint density at radius 2 is 2.17 bits per heavy atom. The molecule has 0 radical (unpaired) electrons. The van der Waals surface area contributed by atoms with Gasteiger partial charge in [-0.15, -0.1) is 0 Å². The quantitative estimate of drug-likeness (QED) is 0.916. The van der Waals surface area contributed by atoms with E-state index < -0.39 is 0 Å². The first-order valence-corrected chi connectivity index (χ1v) is 8.35. The molecule has 128 valence electrons. The van der Waals surface area contributed by atoms with Crippen LogP contribution in [0.4, 0.5) is 5.69 Å². The van der Waals surface area contributed by atoms with Gasteiger partial charge in [-0.25, -0.2) is 0 Å². The second-order valence-corrected chi connectivity index (χ2v) is 7.51. The van der Waals surface area contributed by atoms with Crippen molar-refractivity contribution in [3.63, 3.8) is 0 Å². The van der Waals surface area contributed by atoms with Crippen molar-refractivity contribution in [2.75, 3.05) is 31.7 Å². The molecule has 6 heteroatoms. The number of fused-ring (bicyclic) bond motifs is 3. The predicted octanol–water partition coefficient (Wildman–Crippen LogP) is 1.73. The van der Waals surface area contributed by atoms with E-state index >= 15 is 0 Å². The van der Waals surface area contributed by atoms with Gasteiger partial charge >= 0.3 is 0 Å². The zero-order valence-corrected chi connectivity index (χ0v) is 14.1. The van der Waals surface area contributed by atoms with Gasteiger partial charge in [0.15, 0.2) is 6.61 Å². The highest BCUT2D eigenvalue weighted by Crippen LogP contribution is 2.55. The molecule has 24 heavy (non-hydrogen) atoms. The molecule has 3 aliphatic heterocycles. The van der Waals surface area contributed by atoms with Gasteiger partial charge in [-0.05, 0) is 49.8 Å². The van der Waals surface area contributed by atoms with Crippen LogP contribution in [0, 0.1) is 5.41 Å². The van der Waals surface area contributed by atoms with E-state index in [0.717, 1.165) is 25.9 Å². The zero-order valence-electron chi connectivity index (χ0n) is 14.1. The monoisotopic (exact) mass is 330 g/mol. The van der Waals surface area contributed by atoms with E-state index in [-0.39, 0.29) is 29.4 Å². The minimum absolute atomic E-state index is 0.00914. The fraction of sp³-hybridized carbons (Fsp3) is 0.556. The van der Waals surface area contributed by atoms with Gasteiger partial charge in [0.05, 0.1) is 11.3 Å². The van der Waals surface area contributed by atoms with E-state index in [1.165, 1.54) is 4.90 Å². The van der Waals surface area contributed by atoms with E-state index in [9.17, 15) is 9.59 Å². The van der Waals surface area contributed by atoms with Crippen LogP contribution in [0.5, 0.6) is 5.75 Å². The minimum atomic E-state index is -0.116. The Labute approximate surface area is 141 Å². The molecule has 1 N–H and O–H groups in total. The minimum Gasteiger partial charge on any atom is -0.482 e. The normalized spacial score (nSPS) is 30.9. The lowest BCUT2D eigenvalue weighted by Crippen LogP contribution is -2.60. The first-order chi connectivity index (χ1) is 11.4. The summed E-state index contributed by atoms with van der Waals surface area (Å²) in [5, 5.41) is 3.06. The third-order valence-corrected chi connectivity index (χ3v) is 5.51. The molecule has 2 amide bonds. The Balaban J connectivity index is 1.45. The predicted molar refractivity (Wildman–Crippen MR) is 88.3 cm³/mol. The number of hydrogen-bond donors (Lipinski definition) is 1. The number of nitrogens with zero attached hydrogens (tertiary/aromatic N) is 1. The number of rotatable bonds is 3. The van der Waals surface area contributed by atoms with Crippen molar-refractivity contribution in [2.24, 2.45) is 5.41 Å². The van der Waals surface area contributed by atoms with Crippen LogP contribution in [0.25, 0.3) is 0 Å². The Bertz CT molecular complexity index is 709. The maximum absolute atomic E-state index is 12.5. The molecule has 0 atom stereocenters. The Hall–Kier alpha value is -2.08. The van der Waals surface area contributed by atoms with Crippen molar-refractivity contribution < 1.29 is 19.1 Å². The summed E-state index contributed by atoms with van der Waals surface area (Å²) in [4.78, 5) is 25.8. The average molecular weight is 330 g/mol. The number of likely N-dealkylation sites (N-methyl/N-ethyl adjacent to an activating group) is 1. The highest BCUT2D eigenvalue weighted by molar-refractivity contribution is 6.00. The Morgan fingerprint density at radius 1 is 1.38 bits per heavy atom.